The summed E-state index contributed by atoms with van der Waals surface area (Å²) < 4.78 is 21.7. The van der Waals surface area contributed by atoms with Gasteiger partial charge in [0.05, 0.1) is 13.2 Å². The van der Waals surface area contributed by atoms with E-state index in [0.29, 0.717) is 31.8 Å². The Morgan fingerprint density at radius 3 is 2.65 bits per heavy atom. The Morgan fingerprint density at radius 1 is 1.35 bits per heavy atom. The predicted molar refractivity (Wildman–Crippen MR) is 80.4 cm³/mol. The molecule has 1 heterocycles. The summed E-state index contributed by atoms with van der Waals surface area (Å²) in [6, 6.07) is 0. The number of carbonyl (C=O) groups excluding carboxylic acids is 2. The van der Waals surface area contributed by atoms with Gasteiger partial charge in [0.15, 0.2) is 11.6 Å². The number of hydrogen-bond acceptors (Lipinski definition) is 6. The summed E-state index contributed by atoms with van der Waals surface area (Å²) in [6.45, 7) is 8.63. The second-order valence-corrected chi connectivity index (χ2v) is 6.84. The van der Waals surface area contributed by atoms with Gasteiger partial charge in [0, 0.05) is 30.8 Å². The molecule has 2 atom stereocenters. The van der Waals surface area contributed by atoms with Crippen molar-refractivity contribution in [3.8, 4) is 0 Å². The number of rotatable bonds is 3. The fourth-order valence-electron chi connectivity index (χ4n) is 3.84. The van der Waals surface area contributed by atoms with Gasteiger partial charge in [-0.3, -0.25) is 4.79 Å². The fraction of sp³-hybridized carbons (Fsp3) is 0.647. The van der Waals surface area contributed by atoms with E-state index in [0.717, 1.165) is 0 Å². The first-order valence-electron chi connectivity index (χ1n) is 7.87. The van der Waals surface area contributed by atoms with Gasteiger partial charge in [-0.2, -0.15) is 0 Å². The smallest absolute Gasteiger partial charge is 0.430 e. The summed E-state index contributed by atoms with van der Waals surface area (Å²) in [7, 11) is 0. The molecule has 2 bridgehead atoms. The molecule has 0 aromatic rings. The summed E-state index contributed by atoms with van der Waals surface area (Å²) >= 11 is 0. The highest BCUT2D eigenvalue weighted by atomic mass is 16.7. The first kappa shape index (κ1) is 16.2. The maximum absolute atomic E-state index is 12.5. The Morgan fingerprint density at radius 2 is 2.00 bits per heavy atom. The summed E-state index contributed by atoms with van der Waals surface area (Å²) in [5, 5.41) is 0. The van der Waals surface area contributed by atoms with Crippen LogP contribution in [0.1, 0.15) is 26.7 Å². The zero-order chi connectivity index (χ0) is 16.7. The van der Waals surface area contributed by atoms with Gasteiger partial charge in [-0.1, -0.05) is 26.5 Å². The number of hydrogen-bond donors (Lipinski definition) is 0. The van der Waals surface area contributed by atoms with E-state index in [1.165, 1.54) is 12.2 Å². The molecule has 0 unspecified atom stereocenters. The topological polar surface area (TPSA) is 71.1 Å². The average Bonchev–Trinajstić information content (AvgIpc) is 2.93. The largest absolute Gasteiger partial charge is 0.513 e. The van der Waals surface area contributed by atoms with Crippen LogP contribution in [0.2, 0.25) is 0 Å². The Balaban J connectivity index is 1.85. The van der Waals surface area contributed by atoms with Crippen LogP contribution in [0.25, 0.3) is 0 Å². The zero-order valence-corrected chi connectivity index (χ0v) is 13.5. The molecule has 6 nitrogen and oxygen atoms in total. The molecule has 1 saturated heterocycles. The monoisotopic (exact) mass is 322 g/mol. The van der Waals surface area contributed by atoms with Crippen molar-refractivity contribution >= 4 is 11.9 Å². The van der Waals surface area contributed by atoms with E-state index in [9.17, 15) is 9.59 Å². The summed E-state index contributed by atoms with van der Waals surface area (Å²) in [6.07, 6.45) is 3.16. The molecule has 23 heavy (non-hydrogen) atoms. The van der Waals surface area contributed by atoms with Crippen LogP contribution in [0.4, 0.5) is 4.79 Å². The standard InChI is InChI=1S/C17H22O6/c1-4-5-20-15(19)23-14-8-13(18)11-9-17(21-6-7-22-17)10-12(14)16(11,2)3/h4,8,11-12H,1,5-7,9-10H2,2-3H3/t11-,12+/m1/s1. The first-order valence-corrected chi connectivity index (χ1v) is 7.87. The number of allylic oxidation sites excluding steroid dienone is 2. The van der Waals surface area contributed by atoms with Gasteiger partial charge in [0.25, 0.3) is 0 Å². The molecule has 0 aromatic heterocycles. The summed E-state index contributed by atoms with van der Waals surface area (Å²) in [5.41, 5.74) is -0.333. The van der Waals surface area contributed by atoms with Crippen LogP contribution < -0.4 is 0 Å². The molecule has 2 fully saturated rings. The molecular formula is C17H22O6. The van der Waals surface area contributed by atoms with Gasteiger partial charge in [0.1, 0.15) is 12.4 Å². The number of ketones is 1. The maximum Gasteiger partial charge on any atom is 0.513 e. The zero-order valence-electron chi connectivity index (χ0n) is 13.5. The van der Waals surface area contributed by atoms with Gasteiger partial charge in [0.2, 0.25) is 0 Å². The van der Waals surface area contributed by atoms with Crippen molar-refractivity contribution in [2.24, 2.45) is 17.3 Å². The summed E-state index contributed by atoms with van der Waals surface area (Å²) in [5.74, 6) is -0.822. The van der Waals surface area contributed by atoms with Crippen molar-refractivity contribution in [2.45, 2.75) is 32.5 Å². The van der Waals surface area contributed by atoms with Gasteiger partial charge in [-0.15, -0.1) is 0 Å². The molecule has 0 radical (unpaired) electrons. The third kappa shape index (κ3) is 2.81. The molecule has 6 heteroatoms. The molecule has 1 aliphatic heterocycles. The van der Waals surface area contributed by atoms with Gasteiger partial charge in [-0.25, -0.2) is 4.79 Å². The van der Waals surface area contributed by atoms with Crippen LogP contribution in [0.5, 0.6) is 0 Å². The van der Waals surface area contributed by atoms with Gasteiger partial charge in [-0.05, 0) is 5.41 Å². The van der Waals surface area contributed by atoms with Gasteiger partial charge >= 0.3 is 6.16 Å². The number of ether oxygens (including phenoxy) is 4. The molecule has 1 spiro atoms. The summed E-state index contributed by atoms with van der Waals surface area (Å²) in [4.78, 5) is 24.3. The average molecular weight is 322 g/mol. The van der Waals surface area contributed by atoms with Crippen LogP contribution in [0.3, 0.4) is 0 Å². The van der Waals surface area contributed by atoms with E-state index in [2.05, 4.69) is 6.58 Å². The Labute approximate surface area is 135 Å². The Bertz CT molecular complexity index is 555. The van der Waals surface area contributed by atoms with Crippen molar-refractivity contribution in [3.63, 3.8) is 0 Å². The molecule has 126 valence electrons. The van der Waals surface area contributed by atoms with Crippen LogP contribution in [0, 0.1) is 17.3 Å². The van der Waals surface area contributed by atoms with Crippen LogP contribution in [-0.2, 0) is 23.7 Å². The van der Waals surface area contributed by atoms with E-state index in [-0.39, 0.29) is 29.6 Å². The lowest BCUT2D eigenvalue weighted by Gasteiger charge is -2.52. The Kier molecular flexibility index (Phi) is 4.06. The normalized spacial score (nSPS) is 30.7. The molecule has 0 aromatic carbocycles. The lowest BCUT2D eigenvalue weighted by atomic mass is 9.56. The van der Waals surface area contributed by atoms with E-state index in [1.807, 2.05) is 13.8 Å². The van der Waals surface area contributed by atoms with Crippen molar-refractivity contribution in [1.82, 2.24) is 0 Å². The second kappa shape index (κ2) is 5.76. The quantitative estimate of drug-likeness (QED) is 0.587. The highest BCUT2D eigenvalue weighted by Gasteiger charge is 2.58. The Hall–Kier alpha value is -1.66. The predicted octanol–water partition coefficient (Wildman–Crippen LogP) is 2.59. The minimum absolute atomic E-state index is 0.0593. The molecule has 1 saturated carbocycles. The van der Waals surface area contributed by atoms with E-state index < -0.39 is 11.9 Å². The molecule has 3 rings (SSSR count). The van der Waals surface area contributed by atoms with Crippen molar-refractivity contribution in [2.75, 3.05) is 19.8 Å². The molecule has 0 N–H and O–H groups in total. The molecule has 2 aliphatic carbocycles. The first-order chi connectivity index (χ1) is 10.9. The minimum Gasteiger partial charge on any atom is -0.430 e. The minimum atomic E-state index is -0.828. The second-order valence-electron chi connectivity index (χ2n) is 6.84. The van der Waals surface area contributed by atoms with Crippen LogP contribution in [-0.4, -0.2) is 37.5 Å². The number of fused-ring (bicyclic) bond motifs is 2. The van der Waals surface area contributed by atoms with Crippen LogP contribution in [0.15, 0.2) is 24.5 Å². The van der Waals surface area contributed by atoms with E-state index in [1.54, 1.807) is 0 Å². The third-order valence-electron chi connectivity index (χ3n) is 5.13. The maximum atomic E-state index is 12.5. The highest BCUT2D eigenvalue weighted by molar-refractivity contribution is 5.94. The fourth-order valence-corrected chi connectivity index (χ4v) is 3.84. The lowest BCUT2D eigenvalue weighted by Crippen LogP contribution is -2.54. The lowest BCUT2D eigenvalue weighted by molar-refractivity contribution is -0.220. The number of carbonyl (C=O) groups is 2. The van der Waals surface area contributed by atoms with E-state index in [4.69, 9.17) is 18.9 Å². The van der Waals surface area contributed by atoms with Crippen LogP contribution >= 0.6 is 0 Å². The molecular weight excluding hydrogens is 300 g/mol. The van der Waals surface area contributed by atoms with Gasteiger partial charge < -0.3 is 18.9 Å². The van der Waals surface area contributed by atoms with Crippen molar-refractivity contribution in [1.29, 1.82) is 0 Å². The van der Waals surface area contributed by atoms with Crippen molar-refractivity contribution < 1.29 is 28.5 Å². The van der Waals surface area contributed by atoms with E-state index >= 15 is 0 Å². The highest BCUT2D eigenvalue weighted by Crippen LogP contribution is 2.56. The molecule has 0 amide bonds. The molecule has 3 aliphatic rings. The SMILES string of the molecule is C=CCOC(=O)OC1=CC(=O)[C@H]2CC3(C[C@@H]1C2(C)C)OCCO3. The third-order valence-corrected chi connectivity index (χ3v) is 5.13. The van der Waals surface area contributed by atoms with Crippen molar-refractivity contribution in [3.05, 3.63) is 24.5 Å².